The molecule has 3 rings (SSSR count). The quantitative estimate of drug-likeness (QED) is 0.619. The second-order valence-electron chi connectivity index (χ2n) is 6.21. The molecule has 0 aliphatic heterocycles. The molecule has 0 aliphatic carbocycles. The van der Waals surface area contributed by atoms with Crippen molar-refractivity contribution >= 4 is 23.1 Å². The third-order valence-corrected chi connectivity index (χ3v) is 4.42. The van der Waals surface area contributed by atoms with E-state index in [-0.39, 0.29) is 11.4 Å². The molecule has 0 amide bonds. The molecule has 2 aromatic heterocycles. The molecule has 1 aromatic carbocycles. The maximum absolute atomic E-state index is 13.2. The normalized spacial score (nSPS) is 11.5. The van der Waals surface area contributed by atoms with E-state index in [0.29, 0.717) is 35.7 Å². The van der Waals surface area contributed by atoms with Crippen LogP contribution in [-0.4, -0.2) is 29.2 Å². The van der Waals surface area contributed by atoms with Crippen molar-refractivity contribution in [2.75, 3.05) is 18.5 Å². The van der Waals surface area contributed by atoms with Crippen molar-refractivity contribution in [3.63, 3.8) is 0 Å². The van der Waals surface area contributed by atoms with Gasteiger partial charge in [-0.05, 0) is 43.3 Å². The summed E-state index contributed by atoms with van der Waals surface area (Å²) in [6.07, 6.45) is 2.86. The lowest BCUT2D eigenvalue weighted by Crippen LogP contribution is -2.25. The summed E-state index contributed by atoms with van der Waals surface area (Å²) in [4.78, 5) is 19.5. The van der Waals surface area contributed by atoms with Crippen LogP contribution < -0.4 is 15.8 Å². The van der Waals surface area contributed by atoms with Crippen molar-refractivity contribution in [2.45, 2.75) is 13.5 Å². The van der Waals surface area contributed by atoms with Gasteiger partial charge in [-0.3, -0.25) is 9.20 Å². The summed E-state index contributed by atoms with van der Waals surface area (Å²) in [5.74, 6) is -0.286. The Morgan fingerprint density at radius 3 is 2.68 bits per heavy atom. The van der Waals surface area contributed by atoms with Gasteiger partial charge >= 0.3 is 0 Å². The molecule has 28 heavy (non-hydrogen) atoms. The Morgan fingerprint density at radius 2 is 2.04 bits per heavy atom. The predicted octanol–water partition coefficient (Wildman–Crippen LogP) is 3.07. The van der Waals surface area contributed by atoms with E-state index < -0.39 is 0 Å². The van der Waals surface area contributed by atoms with Crippen LogP contribution in [0.15, 0.2) is 59.5 Å². The number of anilines is 1. The van der Waals surface area contributed by atoms with Gasteiger partial charge in [0.05, 0.1) is 17.9 Å². The number of halogens is 1. The lowest BCUT2D eigenvalue weighted by atomic mass is 10.2. The number of nitrogens with one attached hydrogen (secondary N) is 2. The predicted molar refractivity (Wildman–Crippen MR) is 110 cm³/mol. The molecule has 3 aromatic rings. The van der Waals surface area contributed by atoms with Crippen molar-refractivity contribution in [2.24, 2.45) is 0 Å². The molecule has 7 heteroatoms. The molecular formula is C21H22FN5O. The second-order valence-corrected chi connectivity index (χ2v) is 6.21. The van der Waals surface area contributed by atoms with Gasteiger partial charge in [0.15, 0.2) is 0 Å². The zero-order chi connectivity index (χ0) is 20.1. The Kier molecular flexibility index (Phi) is 5.84. The van der Waals surface area contributed by atoms with Gasteiger partial charge < -0.3 is 15.6 Å². The first-order valence-corrected chi connectivity index (χ1v) is 8.98. The fourth-order valence-electron chi connectivity index (χ4n) is 3.09. The molecule has 6 nitrogen and oxygen atoms in total. The highest BCUT2D eigenvalue weighted by Crippen LogP contribution is 2.18. The standard InChI is InChI=1S/C21H22FN5O/c1-3-26(18-9-7-16(22)8-10-18)14-17-11-21(28)27-19(15(12-23)13-24-2)5-4-6-20(27)25-17/h4-13,23-24H,3,14H2,1-2H3/b15-13+,23-12?. The first-order chi connectivity index (χ1) is 13.6. The molecule has 0 fully saturated rings. The van der Waals surface area contributed by atoms with Crippen molar-refractivity contribution in [1.82, 2.24) is 14.7 Å². The van der Waals surface area contributed by atoms with Crippen LogP contribution in [0.25, 0.3) is 11.2 Å². The van der Waals surface area contributed by atoms with E-state index in [9.17, 15) is 9.18 Å². The minimum Gasteiger partial charge on any atom is -0.393 e. The number of hydrogen-bond donors (Lipinski definition) is 2. The van der Waals surface area contributed by atoms with Crippen LogP contribution in [0.2, 0.25) is 0 Å². The molecule has 0 unspecified atom stereocenters. The number of aromatic nitrogens is 2. The third-order valence-electron chi connectivity index (χ3n) is 4.42. The average molecular weight is 379 g/mol. The Hall–Kier alpha value is -3.48. The van der Waals surface area contributed by atoms with Crippen LogP contribution in [0.3, 0.4) is 0 Å². The topological polar surface area (TPSA) is 73.5 Å². The lowest BCUT2D eigenvalue weighted by Gasteiger charge is -2.23. The van der Waals surface area contributed by atoms with Crippen LogP contribution in [-0.2, 0) is 6.54 Å². The Morgan fingerprint density at radius 1 is 1.29 bits per heavy atom. The molecule has 144 valence electrons. The summed E-state index contributed by atoms with van der Waals surface area (Å²) in [5, 5.41) is 10.5. The molecule has 0 saturated carbocycles. The van der Waals surface area contributed by atoms with Gasteiger partial charge in [0, 0.05) is 43.3 Å². The van der Waals surface area contributed by atoms with Gasteiger partial charge in [0.25, 0.3) is 5.56 Å². The summed E-state index contributed by atoms with van der Waals surface area (Å²) in [5.41, 5.74) is 2.96. The summed E-state index contributed by atoms with van der Waals surface area (Å²) < 4.78 is 14.7. The van der Waals surface area contributed by atoms with Gasteiger partial charge in [-0.1, -0.05) is 6.07 Å². The van der Waals surface area contributed by atoms with E-state index in [4.69, 9.17) is 5.41 Å². The third kappa shape index (κ3) is 3.93. The van der Waals surface area contributed by atoms with E-state index in [1.165, 1.54) is 28.8 Å². The molecular weight excluding hydrogens is 357 g/mol. The average Bonchev–Trinajstić information content (AvgIpc) is 2.70. The highest BCUT2D eigenvalue weighted by atomic mass is 19.1. The van der Waals surface area contributed by atoms with Gasteiger partial charge in [0.2, 0.25) is 0 Å². The Labute approximate surface area is 162 Å². The lowest BCUT2D eigenvalue weighted by molar-refractivity contribution is 0.627. The fourth-order valence-corrected chi connectivity index (χ4v) is 3.09. The van der Waals surface area contributed by atoms with Gasteiger partial charge in [-0.25, -0.2) is 9.37 Å². The first-order valence-electron chi connectivity index (χ1n) is 8.98. The largest absolute Gasteiger partial charge is 0.393 e. The number of benzene rings is 1. The molecule has 0 aliphatic rings. The van der Waals surface area contributed by atoms with Crippen molar-refractivity contribution in [3.8, 4) is 0 Å². The first kappa shape index (κ1) is 19.3. The van der Waals surface area contributed by atoms with Crippen molar-refractivity contribution < 1.29 is 4.39 Å². The minimum atomic E-state index is -0.286. The van der Waals surface area contributed by atoms with E-state index in [1.807, 2.05) is 17.9 Å². The number of rotatable bonds is 7. The summed E-state index contributed by atoms with van der Waals surface area (Å²) in [6, 6.07) is 13.1. The molecule has 0 bridgehead atoms. The monoisotopic (exact) mass is 379 g/mol. The molecule has 0 saturated heterocycles. The van der Waals surface area contributed by atoms with Gasteiger partial charge in [0.1, 0.15) is 11.5 Å². The SMILES string of the molecule is CCN(Cc1cc(=O)n2c(/C(C=N)=C/NC)cccc2n1)c1ccc(F)cc1. The molecule has 2 N–H and O–H groups in total. The van der Waals surface area contributed by atoms with E-state index in [1.54, 1.807) is 37.5 Å². The maximum Gasteiger partial charge on any atom is 0.258 e. The van der Waals surface area contributed by atoms with Gasteiger partial charge in [-0.2, -0.15) is 0 Å². The fraction of sp³-hybridized carbons (Fsp3) is 0.190. The number of hydrogen-bond acceptors (Lipinski definition) is 5. The van der Waals surface area contributed by atoms with Gasteiger partial charge in [-0.15, -0.1) is 0 Å². The Bertz CT molecular complexity index is 1070. The Balaban J connectivity index is 2.02. The number of pyridine rings is 1. The van der Waals surface area contributed by atoms with Crippen LogP contribution in [0, 0.1) is 11.2 Å². The molecule has 2 heterocycles. The number of allylic oxidation sites excluding steroid dienone is 1. The maximum atomic E-state index is 13.2. The smallest absolute Gasteiger partial charge is 0.258 e. The van der Waals surface area contributed by atoms with Crippen LogP contribution in [0.5, 0.6) is 0 Å². The minimum absolute atomic E-state index is 0.213. The highest BCUT2D eigenvalue weighted by Gasteiger charge is 2.12. The van der Waals surface area contributed by atoms with E-state index in [0.717, 1.165) is 5.69 Å². The summed E-state index contributed by atoms with van der Waals surface area (Å²) in [7, 11) is 1.74. The number of fused-ring (bicyclic) bond motifs is 1. The van der Waals surface area contributed by atoms with Crippen molar-refractivity contribution in [3.05, 3.63) is 82.3 Å². The summed E-state index contributed by atoms with van der Waals surface area (Å²) in [6.45, 7) is 3.12. The second kappa shape index (κ2) is 8.47. The van der Waals surface area contributed by atoms with Crippen LogP contribution in [0.1, 0.15) is 18.3 Å². The zero-order valence-corrected chi connectivity index (χ0v) is 15.8. The van der Waals surface area contributed by atoms with E-state index in [2.05, 4.69) is 10.3 Å². The number of nitrogens with zero attached hydrogens (tertiary/aromatic N) is 3. The highest BCUT2D eigenvalue weighted by molar-refractivity contribution is 6.07. The van der Waals surface area contributed by atoms with E-state index >= 15 is 0 Å². The molecule has 0 radical (unpaired) electrons. The van der Waals surface area contributed by atoms with Crippen LogP contribution >= 0.6 is 0 Å². The van der Waals surface area contributed by atoms with Crippen LogP contribution in [0.4, 0.5) is 10.1 Å². The molecule has 0 atom stereocenters. The van der Waals surface area contributed by atoms with Crippen molar-refractivity contribution in [1.29, 1.82) is 5.41 Å². The zero-order valence-electron chi connectivity index (χ0n) is 15.8. The summed E-state index contributed by atoms with van der Waals surface area (Å²) >= 11 is 0. The molecule has 0 spiro atoms.